The molecule has 2 heterocycles. The fraction of sp³-hybridized carbons (Fsp3) is 0.0833. The van der Waals surface area contributed by atoms with Crippen LogP contribution in [0.4, 0.5) is 0 Å². The highest BCUT2D eigenvalue weighted by atomic mass is 16.6. The normalized spacial score (nSPS) is 11.0. The molecule has 3 aromatic rings. The summed E-state index contributed by atoms with van der Waals surface area (Å²) in [7, 11) is 1.66. The number of hydrogen-bond donors (Lipinski definition) is 0. The maximum atomic E-state index is 5.26. The molecule has 0 atom stereocenters. The summed E-state index contributed by atoms with van der Waals surface area (Å²) in [6.07, 6.45) is 3.77. The number of para-hydroxylation sites is 1. The van der Waals surface area contributed by atoms with Gasteiger partial charge in [-0.15, -0.1) is 0 Å². The molecule has 3 heteroatoms. The summed E-state index contributed by atoms with van der Waals surface area (Å²) in [6, 6.07) is 10.1. The Morgan fingerprint density at radius 3 is 2.93 bits per heavy atom. The van der Waals surface area contributed by atoms with E-state index >= 15 is 0 Å². The summed E-state index contributed by atoms with van der Waals surface area (Å²) in [6.45, 7) is 0. The lowest BCUT2D eigenvalue weighted by molar-refractivity contribution is 0.180. The Bertz CT molecular complexity index is 628. The van der Waals surface area contributed by atoms with Gasteiger partial charge >= 0.3 is 0 Å². The third kappa shape index (κ3) is 1.09. The Labute approximate surface area is 86.9 Å². The quantitative estimate of drug-likeness (QED) is 0.599. The Hall–Kier alpha value is -2.03. The molecule has 0 amide bonds. The van der Waals surface area contributed by atoms with Crippen LogP contribution >= 0.6 is 0 Å². The van der Waals surface area contributed by atoms with Crippen LogP contribution in [0.25, 0.3) is 21.8 Å². The van der Waals surface area contributed by atoms with Crippen molar-refractivity contribution in [3.8, 4) is 0 Å². The van der Waals surface area contributed by atoms with Gasteiger partial charge < -0.3 is 4.84 Å². The number of hydrogen-bond acceptors (Lipinski definition) is 2. The van der Waals surface area contributed by atoms with E-state index in [4.69, 9.17) is 4.84 Å². The monoisotopic (exact) mass is 198 g/mol. The Morgan fingerprint density at radius 2 is 2.07 bits per heavy atom. The molecule has 0 saturated heterocycles. The van der Waals surface area contributed by atoms with Gasteiger partial charge in [0.2, 0.25) is 0 Å². The maximum Gasteiger partial charge on any atom is 0.104 e. The largest absolute Gasteiger partial charge is 0.417 e. The van der Waals surface area contributed by atoms with Crippen molar-refractivity contribution in [3.63, 3.8) is 0 Å². The Balaban J connectivity index is 2.56. The van der Waals surface area contributed by atoms with Gasteiger partial charge in [0.05, 0.1) is 11.0 Å². The van der Waals surface area contributed by atoms with E-state index in [1.807, 2.05) is 36.7 Å². The summed E-state index contributed by atoms with van der Waals surface area (Å²) in [5.41, 5.74) is 2.06. The van der Waals surface area contributed by atoms with Crippen LogP contribution in [-0.2, 0) is 0 Å². The van der Waals surface area contributed by atoms with Gasteiger partial charge in [-0.05, 0) is 12.1 Å². The van der Waals surface area contributed by atoms with Crippen molar-refractivity contribution in [3.05, 3.63) is 42.7 Å². The molecule has 0 radical (unpaired) electrons. The molecule has 2 aromatic heterocycles. The average Bonchev–Trinajstić information content (AvgIpc) is 2.72. The summed E-state index contributed by atoms with van der Waals surface area (Å²) < 4.78 is 1.76. The van der Waals surface area contributed by atoms with Crippen LogP contribution in [0.1, 0.15) is 0 Å². The average molecular weight is 198 g/mol. The zero-order valence-corrected chi connectivity index (χ0v) is 8.34. The molecule has 74 valence electrons. The number of benzene rings is 1. The lowest BCUT2D eigenvalue weighted by Crippen LogP contribution is -2.03. The van der Waals surface area contributed by atoms with Crippen molar-refractivity contribution in [1.82, 2.24) is 9.71 Å². The molecular formula is C12H10N2O. The van der Waals surface area contributed by atoms with Gasteiger partial charge in [-0.1, -0.05) is 18.2 Å². The number of fused-ring (bicyclic) bond motifs is 3. The van der Waals surface area contributed by atoms with Crippen LogP contribution in [0.3, 0.4) is 0 Å². The van der Waals surface area contributed by atoms with Crippen LogP contribution in [0.5, 0.6) is 0 Å². The first-order valence-corrected chi connectivity index (χ1v) is 4.79. The summed E-state index contributed by atoms with van der Waals surface area (Å²) >= 11 is 0. The van der Waals surface area contributed by atoms with Crippen LogP contribution in [0.15, 0.2) is 42.7 Å². The topological polar surface area (TPSA) is 27.1 Å². The van der Waals surface area contributed by atoms with Crippen molar-refractivity contribution < 1.29 is 4.84 Å². The van der Waals surface area contributed by atoms with Gasteiger partial charge in [0.25, 0.3) is 0 Å². The predicted octanol–water partition coefficient (Wildman–Crippen LogP) is 2.25. The van der Waals surface area contributed by atoms with Crippen molar-refractivity contribution in [2.45, 2.75) is 0 Å². The second-order valence-corrected chi connectivity index (χ2v) is 3.40. The van der Waals surface area contributed by atoms with Crippen LogP contribution in [0.2, 0.25) is 0 Å². The maximum absolute atomic E-state index is 5.26. The second kappa shape index (κ2) is 2.98. The fourth-order valence-corrected chi connectivity index (χ4v) is 1.88. The van der Waals surface area contributed by atoms with Gasteiger partial charge in [0.1, 0.15) is 7.11 Å². The number of nitrogens with zero attached hydrogens (tertiary/aromatic N) is 2. The Kier molecular flexibility index (Phi) is 1.65. The standard InChI is InChI=1S/C12H10N2O/c1-15-14-7-6-9-8-13-11-5-3-2-4-10(11)12(9)14/h2-8H,1H3. The van der Waals surface area contributed by atoms with Gasteiger partial charge in [-0.2, -0.15) is 4.73 Å². The minimum Gasteiger partial charge on any atom is -0.417 e. The summed E-state index contributed by atoms with van der Waals surface area (Å²) in [4.78, 5) is 9.65. The molecule has 0 aliphatic rings. The molecule has 0 bridgehead atoms. The van der Waals surface area contributed by atoms with Crippen molar-refractivity contribution in [1.29, 1.82) is 0 Å². The molecule has 0 aliphatic carbocycles. The molecule has 0 saturated carbocycles. The van der Waals surface area contributed by atoms with Crippen molar-refractivity contribution in [2.75, 3.05) is 7.11 Å². The van der Waals surface area contributed by atoms with E-state index in [9.17, 15) is 0 Å². The summed E-state index contributed by atoms with van der Waals surface area (Å²) in [5, 5.41) is 2.21. The molecule has 0 aliphatic heterocycles. The van der Waals surface area contributed by atoms with Gasteiger partial charge in [0.15, 0.2) is 0 Å². The fourth-order valence-electron chi connectivity index (χ4n) is 1.88. The Morgan fingerprint density at radius 1 is 1.20 bits per heavy atom. The van der Waals surface area contributed by atoms with E-state index < -0.39 is 0 Å². The zero-order valence-electron chi connectivity index (χ0n) is 8.34. The van der Waals surface area contributed by atoms with E-state index in [1.54, 1.807) is 11.8 Å². The minimum atomic E-state index is 0.988. The van der Waals surface area contributed by atoms with Crippen LogP contribution < -0.4 is 4.84 Å². The molecule has 0 N–H and O–H groups in total. The third-order valence-electron chi connectivity index (χ3n) is 2.58. The third-order valence-corrected chi connectivity index (χ3v) is 2.58. The molecule has 0 fully saturated rings. The van der Waals surface area contributed by atoms with E-state index in [1.165, 1.54) is 0 Å². The first-order chi connectivity index (χ1) is 7.40. The predicted molar refractivity (Wildman–Crippen MR) is 59.7 cm³/mol. The highest BCUT2D eigenvalue weighted by molar-refractivity contribution is 6.03. The lowest BCUT2D eigenvalue weighted by atomic mass is 10.2. The number of pyridine rings is 1. The molecular weight excluding hydrogens is 188 g/mol. The van der Waals surface area contributed by atoms with E-state index in [2.05, 4.69) is 11.1 Å². The van der Waals surface area contributed by atoms with E-state index in [0.717, 1.165) is 21.8 Å². The number of aromatic nitrogens is 2. The van der Waals surface area contributed by atoms with Crippen molar-refractivity contribution >= 4 is 21.8 Å². The lowest BCUT2D eigenvalue weighted by Gasteiger charge is -2.04. The van der Waals surface area contributed by atoms with Crippen LogP contribution in [0, 0.1) is 0 Å². The summed E-state index contributed by atoms with van der Waals surface area (Å²) in [5.74, 6) is 0. The first kappa shape index (κ1) is 8.29. The van der Waals surface area contributed by atoms with Crippen molar-refractivity contribution in [2.24, 2.45) is 0 Å². The van der Waals surface area contributed by atoms with Crippen LogP contribution in [-0.4, -0.2) is 16.8 Å². The highest BCUT2D eigenvalue weighted by Crippen LogP contribution is 2.23. The highest BCUT2D eigenvalue weighted by Gasteiger charge is 2.05. The molecule has 3 nitrogen and oxygen atoms in total. The molecule has 3 rings (SSSR count). The van der Waals surface area contributed by atoms with Gasteiger partial charge in [-0.25, -0.2) is 0 Å². The molecule has 15 heavy (non-hydrogen) atoms. The zero-order chi connectivity index (χ0) is 10.3. The smallest absolute Gasteiger partial charge is 0.104 e. The number of rotatable bonds is 1. The SMILES string of the molecule is COn1ccc2cnc3ccccc3c21. The second-order valence-electron chi connectivity index (χ2n) is 3.40. The molecule has 1 aromatic carbocycles. The molecule has 0 unspecified atom stereocenters. The van der Waals surface area contributed by atoms with E-state index in [0.29, 0.717) is 0 Å². The van der Waals surface area contributed by atoms with Gasteiger partial charge in [-0.3, -0.25) is 4.98 Å². The minimum absolute atomic E-state index is 0.988. The first-order valence-electron chi connectivity index (χ1n) is 4.79. The van der Waals surface area contributed by atoms with E-state index in [-0.39, 0.29) is 0 Å². The van der Waals surface area contributed by atoms with Gasteiger partial charge in [0, 0.05) is 23.2 Å². The molecule has 0 spiro atoms.